The van der Waals surface area contributed by atoms with Crippen LogP contribution in [0.1, 0.15) is 24.5 Å². The fourth-order valence-corrected chi connectivity index (χ4v) is 2.65. The van der Waals surface area contributed by atoms with E-state index >= 15 is 0 Å². The van der Waals surface area contributed by atoms with Gasteiger partial charge in [0.25, 0.3) is 0 Å². The van der Waals surface area contributed by atoms with Gasteiger partial charge in [0, 0.05) is 32.7 Å². The van der Waals surface area contributed by atoms with E-state index in [0.29, 0.717) is 5.92 Å². The quantitative estimate of drug-likeness (QED) is 0.668. The van der Waals surface area contributed by atoms with E-state index in [9.17, 15) is 0 Å². The van der Waals surface area contributed by atoms with E-state index in [1.807, 2.05) is 0 Å². The summed E-state index contributed by atoms with van der Waals surface area (Å²) < 4.78 is 5.45. The van der Waals surface area contributed by atoms with E-state index in [1.165, 1.54) is 11.1 Å². The van der Waals surface area contributed by atoms with Crippen LogP contribution in [0.2, 0.25) is 0 Å². The standard InChI is InChI=1S/C17H27N3O/c1-4-18-17(20(3)12-16-8-9-21-13-16)19-11-15-7-5-6-14(2)10-15/h5-7,10,16H,4,8-9,11-13H2,1-3H3,(H,18,19). The Morgan fingerprint density at radius 3 is 3.00 bits per heavy atom. The number of nitrogens with zero attached hydrogens (tertiary/aromatic N) is 2. The average Bonchev–Trinajstić information content (AvgIpc) is 2.96. The van der Waals surface area contributed by atoms with Gasteiger partial charge < -0.3 is 15.0 Å². The molecule has 0 aromatic heterocycles. The summed E-state index contributed by atoms with van der Waals surface area (Å²) in [5.41, 5.74) is 2.53. The summed E-state index contributed by atoms with van der Waals surface area (Å²) >= 11 is 0. The summed E-state index contributed by atoms with van der Waals surface area (Å²) in [6.07, 6.45) is 1.15. The highest BCUT2D eigenvalue weighted by atomic mass is 16.5. The second kappa shape index (κ2) is 8.03. The first-order valence-corrected chi connectivity index (χ1v) is 7.81. The third-order valence-corrected chi connectivity index (χ3v) is 3.75. The van der Waals surface area contributed by atoms with Gasteiger partial charge in [-0.3, -0.25) is 0 Å². The highest BCUT2D eigenvalue weighted by Gasteiger charge is 2.18. The van der Waals surface area contributed by atoms with Crippen LogP contribution in [0.4, 0.5) is 0 Å². The van der Waals surface area contributed by atoms with Crippen molar-refractivity contribution >= 4 is 5.96 Å². The molecule has 1 aliphatic heterocycles. The summed E-state index contributed by atoms with van der Waals surface area (Å²) in [4.78, 5) is 6.98. The minimum absolute atomic E-state index is 0.623. The molecule has 4 heteroatoms. The van der Waals surface area contributed by atoms with E-state index in [2.05, 4.69) is 55.4 Å². The molecule has 0 amide bonds. The molecule has 4 nitrogen and oxygen atoms in total. The van der Waals surface area contributed by atoms with Gasteiger partial charge in [0.05, 0.1) is 13.2 Å². The Labute approximate surface area is 128 Å². The fraction of sp³-hybridized carbons (Fsp3) is 0.588. The van der Waals surface area contributed by atoms with Crippen LogP contribution in [0.15, 0.2) is 29.3 Å². The molecule has 1 aromatic carbocycles. The van der Waals surface area contributed by atoms with E-state index in [1.54, 1.807) is 0 Å². The van der Waals surface area contributed by atoms with Gasteiger partial charge >= 0.3 is 0 Å². The molecule has 21 heavy (non-hydrogen) atoms. The topological polar surface area (TPSA) is 36.9 Å². The van der Waals surface area contributed by atoms with E-state index in [4.69, 9.17) is 9.73 Å². The number of hydrogen-bond donors (Lipinski definition) is 1. The Morgan fingerprint density at radius 2 is 2.33 bits per heavy atom. The number of guanidine groups is 1. The number of ether oxygens (including phenoxy) is 1. The normalized spacial score (nSPS) is 18.8. The Hall–Kier alpha value is -1.55. The highest BCUT2D eigenvalue weighted by molar-refractivity contribution is 5.79. The van der Waals surface area contributed by atoms with Gasteiger partial charge in [0.2, 0.25) is 0 Å². The molecule has 1 heterocycles. The second-order valence-corrected chi connectivity index (χ2v) is 5.77. The van der Waals surface area contributed by atoms with Crippen LogP contribution < -0.4 is 5.32 Å². The molecule has 0 saturated carbocycles. The van der Waals surface area contributed by atoms with E-state index in [0.717, 1.165) is 45.2 Å². The number of aliphatic imine (C=N–C) groups is 1. The second-order valence-electron chi connectivity index (χ2n) is 5.77. The maximum Gasteiger partial charge on any atom is 0.193 e. The first-order chi connectivity index (χ1) is 10.2. The van der Waals surface area contributed by atoms with Gasteiger partial charge in [-0.15, -0.1) is 0 Å². The molecule has 116 valence electrons. The van der Waals surface area contributed by atoms with Crippen molar-refractivity contribution in [2.24, 2.45) is 10.9 Å². The maximum absolute atomic E-state index is 5.45. The molecule has 1 N–H and O–H groups in total. The Morgan fingerprint density at radius 1 is 1.48 bits per heavy atom. The van der Waals surface area contributed by atoms with Crippen LogP contribution in [0.25, 0.3) is 0 Å². The molecule has 1 atom stereocenters. The van der Waals surface area contributed by atoms with Crippen molar-refractivity contribution in [1.82, 2.24) is 10.2 Å². The van der Waals surface area contributed by atoms with E-state index < -0.39 is 0 Å². The molecule has 1 aromatic rings. The lowest BCUT2D eigenvalue weighted by Gasteiger charge is -2.24. The van der Waals surface area contributed by atoms with Crippen molar-refractivity contribution in [2.75, 3.05) is 33.4 Å². The van der Waals surface area contributed by atoms with Crippen LogP contribution >= 0.6 is 0 Å². The van der Waals surface area contributed by atoms with Crippen LogP contribution in [0, 0.1) is 12.8 Å². The highest BCUT2D eigenvalue weighted by Crippen LogP contribution is 2.13. The van der Waals surface area contributed by atoms with Crippen molar-refractivity contribution in [3.05, 3.63) is 35.4 Å². The lowest BCUT2D eigenvalue weighted by molar-refractivity contribution is 0.181. The summed E-state index contributed by atoms with van der Waals surface area (Å²) in [6, 6.07) is 8.53. The van der Waals surface area contributed by atoms with Crippen molar-refractivity contribution in [2.45, 2.75) is 26.8 Å². The zero-order valence-corrected chi connectivity index (χ0v) is 13.4. The summed E-state index contributed by atoms with van der Waals surface area (Å²) in [5.74, 6) is 1.60. The largest absolute Gasteiger partial charge is 0.381 e. The molecular formula is C17H27N3O. The molecule has 1 unspecified atom stereocenters. The van der Waals surface area contributed by atoms with Gasteiger partial charge in [-0.25, -0.2) is 4.99 Å². The third kappa shape index (κ3) is 5.05. The first kappa shape index (κ1) is 15.8. The fourth-order valence-electron chi connectivity index (χ4n) is 2.65. The number of benzene rings is 1. The van der Waals surface area contributed by atoms with Gasteiger partial charge in [-0.2, -0.15) is 0 Å². The minimum Gasteiger partial charge on any atom is -0.381 e. The van der Waals surface area contributed by atoms with E-state index in [-0.39, 0.29) is 0 Å². The van der Waals surface area contributed by atoms with Gasteiger partial charge in [-0.05, 0) is 25.8 Å². The molecular weight excluding hydrogens is 262 g/mol. The van der Waals surface area contributed by atoms with Gasteiger partial charge in [0.15, 0.2) is 5.96 Å². The van der Waals surface area contributed by atoms with Crippen LogP contribution in [-0.2, 0) is 11.3 Å². The Bertz CT molecular complexity index is 467. The van der Waals surface area contributed by atoms with Crippen molar-refractivity contribution in [3.63, 3.8) is 0 Å². The molecule has 0 aliphatic carbocycles. The van der Waals surface area contributed by atoms with Crippen LogP contribution in [0.3, 0.4) is 0 Å². The van der Waals surface area contributed by atoms with Crippen molar-refractivity contribution < 1.29 is 4.74 Å². The third-order valence-electron chi connectivity index (χ3n) is 3.75. The average molecular weight is 289 g/mol. The van der Waals surface area contributed by atoms with Crippen LogP contribution in [0.5, 0.6) is 0 Å². The molecule has 0 radical (unpaired) electrons. The summed E-state index contributed by atoms with van der Waals surface area (Å²) in [6.45, 7) is 8.60. The number of nitrogens with one attached hydrogen (secondary N) is 1. The summed E-state index contributed by atoms with van der Waals surface area (Å²) in [7, 11) is 2.11. The molecule has 1 aliphatic rings. The molecule has 1 fully saturated rings. The van der Waals surface area contributed by atoms with Crippen molar-refractivity contribution in [1.29, 1.82) is 0 Å². The lowest BCUT2D eigenvalue weighted by Crippen LogP contribution is -2.41. The van der Waals surface area contributed by atoms with Crippen LogP contribution in [-0.4, -0.2) is 44.2 Å². The number of hydrogen-bond acceptors (Lipinski definition) is 2. The first-order valence-electron chi connectivity index (χ1n) is 7.81. The van der Waals surface area contributed by atoms with Gasteiger partial charge in [0.1, 0.15) is 0 Å². The molecule has 0 bridgehead atoms. The van der Waals surface area contributed by atoms with Crippen molar-refractivity contribution in [3.8, 4) is 0 Å². The lowest BCUT2D eigenvalue weighted by atomic mass is 10.1. The smallest absolute Gasteiger partial charge is 0.193 e. The predicted octanol–water partition coefficient (Wildman–Crippen LogP) is 2.43. The monoisotopic (exact) mass is 289 g/mol. The zero-order chi connectivity index (χ0) is 15.1. The number of aryl methyl sites for hydroxylation is 1. The maximum atomic E-state index is 5.45. The number of rotatable bonds is 5. The van der Waals surface area contributed by atoms with Gasteiger partial charge in [-0.1, -0.05) is 29.8 Å². The SMILES string of the molecule is CCNC(=NCc1cccc(C)c1)N(C)CC1CCOC1. The summed E-state index contributed by atoms with van der Waals surface area (Å²) in [5, 5.41) is 3.38. The zero-order valence-electron chi connectivity index (χ0n) is 13.4. The molecule has 0 spiro atoms. The molecule has 2 rings (SSSR count). The Kier molecular flexibility index (Phi) is 6.05. The minimum atomic E-state index is 0.623. The molecule has 1 saturated heterocycles. The Balaban J connectivity index is 1.97. The predicted molar refractivity (Wildman–Crippen MR) is 87.6 cm³/mol.